The molecule has 1 aliphatic heterocycles. The summed E-state index contributed by atoms with van der Waals surface area (Å²) in [4.78, 5) is 12.4. The van der Waals surface area contributed by atoms with Gasteiger partial charge in [0.25, 0.3) is 0 Å². The second kappa shape index (κ2) is 7.41. The van der Waals surface area contributed by atoms with Crippen LogP contribution in [-0.4, -0.2) is 26.3 Å². The van der Waals surface area contributed by atoms with Gasteiger partial charge in [0.2, 0.25) is 0 Å². The van der Waals surface area contributed by atoms with Gasteiger partial charge in [0, 0.05) is 0 Å². The van der Waals surface area contributed by atoms with E-state index in [9.17, 15) is 4.79 Å². The maximum Gasteiger partial charge on any atom is 0.318 e. The lowest BCUT2D eigenvalue weighted by Gasteiger charge is -2.26. The minimum Gasteiger partial charge on any atom is -0.468 e. The van der Waals surface area contributed by atoms with Crippen molar-refractivity contribution >= 4 is 12.0 Å². The van der Waals surface area contributed by atoms with E-state index in [1.807, 2.05) is 30.3 Å². The van der Waals surface area contributed by atoms with Gasteiger partial charge in [-0.15, -0.1) is 0 Å². The number of rotatable bonds is 6. The molecule has 3 nitrogen and oxygen atoms in total. The van der Waals surface area contributed by atoms with Crippen LogP contribution in [0.25, 0.3) is 6.08 Å². The number of esters is 1. The van der Waals surface area contributed by atoms with E-state index in [0.29, 0.717) is 13.2 Å². The molecule has 1 atom stereocenters. The Morgan fingerprint density at radius 1 is 1.33 bits per heavy atom. The van der Waals surface area contributed by atoms with Crippen molar-refractivity contribution in [1.82, 2.24) is 0 Å². The highest BCUT2D eigenvalue weighted by Gasteiger charge is 2.46. The quantitative estimate of drug-likeness (QED) is 0.589. The lowest BCUT2D eigenvalue weighted by Crippen LogP contribution is -2.34. The summed E-state index contributed by atoms with van der Waals surface area (Å²) in [5.74, 6) is -0.168. The summed E-state index contributed by atoms with van der Waals surface area (Å²) in [6.07, 6.45) is 6.15. The van der Waals surface area contributed by atoms with Crippen molar-refractivity contribution in [2.45, 2.75) is 32.6 Å². The zero-order valence-electron chi connectivity index (χ0n) is 12.9. The summed E-state index contributed by atoms with van der Waals surface area (Å²) in [7, 11) is 1.46. The van der Waals surface area contributed by atoms with Crippen LogP contribution in [0.5, 0.6) is 0 Å². The SMILES string of the molecule is CCCCCC1(C(=O)OC)COC/C1=C\c1ccccc1. The zero-order chi connectivity index (χ0) is 15.1. The molecule has 3 heteroatoms. The van der Waals surface area contributed by atoms with Gasteiger partial charge in [-0.25, -0.2) is 0 Å². The summed E-state index contributed by atoms with van der Waals surface area (Å²) in [6, 6.07) is 10.1. The van der Waals surface area contributed by atoms with Crippen molar-refractivity contribution in [1.29, 1.82) is 0 Å². The molecule has 1 heterocycles. The number of hydrogen-bond donors (Lipinski definition) is 0. The van der Waals surface area contributed by atoms with Gasteiger partial charge in [0.1, 0.15) is 5.41 Å². The van der Waals surface area contributed by atoms with Crippen molar-refractivity contribution in [3.8, 4) is 0 Å². The highest BCUT2D eigenvalue weighted by Crippen LogP contribution is 2.41. The molecule has 1 unspecified atom stereocenters. The van der Waals surface area contributed by atoms with Crippen molar-refractivity contribution in [2.24, 2.45) is 5.41 Å². The average Bonchev–Trinajstić information content (AvgIpc) is 2.92. The number of unbranched alkanes of at least 4 members (excludes halogenated alkanes) is 2. The smallest absolute Gasteiger partial charge is 0.318 e. The number of methoxy groups -OCH3 is 1. The van der Waals surface area contributed by atoms with Crippen LogP contribution < -0.4 is 0 Å². The Bertz CT molecular complexity index is 492. The molecule has 0 aromatic heterocycles. The van der Waals surface area contributed by atoms with Crippen LogP contribution in [0.4, 0.5) is 0 Å². The molecule has 0 spiro atoms. The lowest BCUT2D eigenvalue weighted by molar-refractivity contribution is -0.151. The maximum absolute atomic E-state index is 12.4. The third-order valence-electron chi connectivity index (χ3n) is 4.14. The van der Waals surface area contributed by atoms with E-state index < -0.39 is 5.41 Å². The van der Waals surface area contributed by atoms with Gasteiger partial charge in [-0.2, -0.15) is 0 Å². The van der Waals surface area contributed by atoms with Crippen LogP contribution >= 0.6 is 0 Å². The Hall–Kier alpha value is -1.61. The van der Waals surface area contributed by atoms with E-state index in [1.165, 1.54) is 7.11 Å². The Labute approximate surface area is 127 Å². The first-order valence-corrected chi connectivity index (χ1v) is 7.65. The molecule has 0 aliphatic carbocycles. The van der Waals surface area contributed by atoms with Gasteiger partial charge in [-0.05, 0) is 17.6 Å². The van der Waals surface area contributed by atoms with Crippen LogP contribution in [0, 0.1) is 5.41 Å². The largest absolute Gasteiger partial charge is 0.468 e. The van der Waals surface area contributed by atoms with Crippen molar-refractivity contribution in [3.63, 3.8) is 0 Å². The van der Waals surface area contributed by atoms with Gasteiger partial charge >= 0.3 is 5.97 Å². The van der Waals surface area contributed by atoms with Crippen LogP contribution in [0.15, 0.2) is 35.9 Å². The minimum atomic E-state index is -0.597. The number of carbonyl (C=O) groups excluding carboxylic acids is 1. The second-order valence-electron chi connectivity index (χ2n) is 5.60. The fourth-order valence-corrected chi connectivity index (χ4v) is 2.89. The summed E-state index contributed by atoms with van der Waals surface area (Å²) < 4.78 is 10.7. The summed E-state index contributed by atoms with van der Waals surface area (Å²) >= 11 is 0. The predicted octanol–water partition coefficient (Wildman–Crippen LogP) is 3.84. The molecule has 1 aromatic rings. The molecular weight excluding hydrogens is 264 g/mol. The molecule has 1 fully saturated rings. The van der Waals surface area contributed by atoms with Gasteiger partial charge in [0.15, 0.2) is 0 Å². The average molecular weight is 288 g/mol. The fraction of sp³-hybridized carbons (Fsp3) is 0.500. The first-order valence-electron chi connectivity index (χ1n) is 7.65. The molecule has 0 bridgehead atoms. The molecular formula is C18H24O3. The molecule has 1 saturated heterocycles. The van der Waals surface area contributed by atoms with E-state index in [4.69, 9.17) is 9.47 Å². The van der Waals surface area contributed by atoms with Crippen LogP contribution in [-0.2, 0) is 14.3 Å². The van der Waals surface area contributed by atoms with E-state index >= 15 is 0 Å². The minimum absolute atomic E-state index is 0.168. The van der Waals surface area contributed by atoms with Crippen LogP contribution in [0.3, 0.4) is 0 Å². The molecule has 0 N–H and O–H groups in total. The van der Waals surface area contributed by atoms with Crippen molar-refractivity contribution < 1.29 is 14.3 Å². The highest BCUT2D eigenvalue weighted by atomic mass is 16.5. The first-order chi connectivity index (χ1) is 10.2. The first kappa shape index (κ1) is 15.8. The molecule has 2 rings (SSSR count). The molecule has 0 radical (unpaired) electrons. The number of ether oxygens (including phenoxy) is 2. The normalized spacial score (nSPS) is 23.4. The topological polar surface area (TPSA) is 35.5 Å². The molecule has 0 saturated carbocycles. The number of hydrogen-bond acceptors (Lipinski definition) is 3. The van der Waals surface area contributed by atoms with Crippen LogP contribution in [0.2, 0.25) is 0 Å². The lowest BCUT2D eigenvalue weighted by atomic mass is 9.77. The maximum atomic E-state index is 12.4. The van der Waals surface area contributed by atoms with Crippen molar-refractivity contribution in [3.05, 3.63) is 41.5 Å². The Balaban J connectivity index is 2.28. The molecule has 114 valence electrons. The third-order valence-corrected chi connectivity index (χ3v) is 4.14. The number of benzene rings is 1. The molecule has 21 heavy (non-hydrogen) atoms. The van der Waals surface area contributed by atoms with E-state index in [-0.39, 0.29) is 5.97 Å². The third kappa shape index (κ3) is 3.53. The summed E-state index contributed by atoms with van der Waals surface area (Å²) in [6.45, 7) is 3.11. The summed E-state index contributed by atoms with van der Waals surface area (Å²) in [5.41, 5.74) is 1.54. The molecule has 1 aromatic carbocycles. The van der Waals surface area contributed by atoms with Gasteiger partial charge in [0.05, 0.1) is 20.3 Å². The van der Waals surface area contributed by atoms with Crippen molar-refractivity contribution in [2.75, 3.05) is 20.3 Å². The predicted molar refractivity (Wildman–Crippen MR) is 83.8 cm³/mol. The van der Waals surface area contributed by atoms with E-state index in [1.54, 1.807) is 0 Å². The van der Waals surface area contributed by atoms with Gasteiger partial charge in [-0.1, -0.05) is 62.6 Å². The summed E-state index contributed by atoms with van der Waals surface area (Å²) in [5, 5.41) is 0. The molecule has 0 amide bonds. The number of carbonyl (C=O) groups is 1. The Kier molecular flexibility index (Phi) is 5.57. The van der Waals surface area contributed by atoms with E-state index in [0.717, 1.165) is 36.8 Å². The highest BCUT2D eigenvalue weighted by molar-refractivity contribution is 5.83. The van der Waals surface area contributed by atoms with Gasteiger partial charge < -0.3 is 9.47 Å². The Morgan fingerprint density at radius 3 is 2.76 bits per heavy atom. The second-order valence-corrected chi connectivity index (χ2v) is 5.60. The molecule has 1 aliphatic rings. The fourth-order valence-electron chi connectivity index (χ4n) is 2.89. The Morgan fingerprint density at radius 2 is 2.10 bits per heavy atom. The van der Waals surface area contributed by atoms with Gasteiger partial charge in [-0.3, -0.25) is 4.79 Å². The monoisotopic (exact) mass is 288 g/mol. The zero-order valence-corrected chi connectivity index (χ0v) is 12.9. The van der Waals surface area contributed by atoms with E-state index in [2.05, 4.69) is 13.0 Å². The standard InChI is InChI=1S/C18H24O3/c1-3-4-8-11-18(17(19)20-2)14-21-13-16(18)12-15-9-6-5-7-10-15/h5-7,9-10,12H,3-4,8,11,13-14H2,1-2H3/b16-12+. The van der Waals surface area contributed by atoms with Crippen LogP contribution in [0.1, 0.15) is 38.2 Å².